The number of rotatable bonds is 5. The van der Waals surface area contributed by atoms with E-state index in [0.717, 1.165) is 16.3 Å². The minimum Gasteiger partial charge on any atom is -0.333 e. The van der Waals surface area contributed by atoms with Crippen molar-refractivity contribution in [3.8, 4) is 11.4 Å². The van der Waals surface area contributed by atoms with Gasteiger partial charge in [0.2, 0.25) is 0 Å². The molecule has 0 atom stereocenters. The maximum atomic E-state index is 12.3. The Morgan fingerprint density at radius 2 is 2.08 bits per heavy atom. The largest absolute Gasteiger partial charge is 0.333 e. The summed E-state index contributed by atoms with van der Waals surface area (Å²) < 4.78 is 1.98. The molecule has 130 valence electrons. The van der Waals surface area contributed by atoms with E-state index in [1.165, 1.54) is 5.56 Å². The molecule has 0 saturated heterocycles. The lowest BCUT2D eigenvalue weighted by molar-refractivity contribution is 0.252. The lowest BCUT2D eigenvalue weighted by Crippen LogP contribution is -2.28. The van der Waals surface area contributed by atoms with E-state index in [-0.39, 0.29) is 12.1 Å². The number of nitrogens with zero attached hydrogens (tertiary/aromatic N) is 3. The number of thiophene rings is 1. The van der Waals surface area contributed by atoms with Gasteiger partial charge in [-0.2, -0.15) is 0 Å². The fourth-order valence-corrected chi connectivity index (χ4v) is 3.36. The van der Waals surface area contributed by atoms with Crippen LogP contribution in [0.2, 0.25) is 0 Å². The maximum Gasteiger partial charge on any atom is 0.319 e. The molecular formula is C18H21N5OS. The van der Waals surface area contributed by atoms with Crippen LogP contribution >= 0.6 is 11.3 Å². The molecule has 0 radical (unpaired) electrons. The quantitative estimate of drug-likeness (QED) is 0.720. The molecule has 0 aliphatic heterocycles. The molecule has 0 saturated carbocycles. The van der Waals surface area contributed by atoms with Gasteiger partial charge in [0.15, 0.2) is 5.82 Å². The Bertz CT molecular complexity index is 868. The second-order valence-electron chi connectivity index (χ2n) is 6.04. The number of carbonyl (C=O) groups is 1. The molecule has 0 fully saturated rings. The van der Waals surface area contributed by atoms with Crippen molar-refractivity contribution >= 4 is 23.1 Å². The third-order valence-corrected chi connectivity index (χ3v) is 4.95. The number of urea groups is 1. The van der Waals surface area contributed by atoms with Gasteiger partial charge in [0, 0.05) is 16.5 Å². The fraction of sp³-hybridized carbons (Fsp3) is 0.278. The zero-order valence-electron chi connectivity index (χ0n) is 14.5. The fourth-order valence-electron chi connectivity index (χ4n) is 2.51. The van der Waals surface area contributed by atoms with Gasteiger partial charge < -0.3 is 15.2 Å². The molecule has 1 aromatic carbocycles. The van der Waals surface area contributed by atoms with Gasteiger partial charge in [0.25, 0.3) is 0 Å². The second kappa shape index (κ2) is 7.48. The number of carbonyl (C=O) groups excluding carboxylic acids is 1. The van der Waals surface area contributed by atoms with E-state index < -0.39 is 0 Å². The van der Waals surface area contributed by atoms with Gasteiger partial charge in [0.05, 0.1) is 12.2 Å². The van der Waals surface area contributed by atoms with Crippen molar-refractivity contribution in [2.24, 2.45) is 0 Å². The van der Waals surface area contributed by atoms with Crippen LogP contribution in [-0.2, 0) is 6.54 Å². The van der Waals surface area contributed by atoms with E-state index in [4.69, 9.17) is 0 Å². The van der Waals surface area contributed by atoms with Gasteiger partial charge in [-0.05, 0) is 49.9 Å². The second-order valence-corrected chi connectivity index (χ2v) is 7.04. The number of para-hydroxylation sites is 1. The van der Waals surface area contributed by atoms with Crippen molar-refractivity contribution in [3.05, 3.63) is 52.5 Å². The Kier molecular flexibility index (Phi) is 5.14. The topological polar surface area (TPSA) is 71.8 Å². The van der Waals surface area contributed by atoms with Gasteiger partial charge >= 0.3 is 6.03 Å². The lowest BCUT2D eigenvalue weighted by Gasteiger charge is -2.14. The summed E-state index contributed by atoms with van der Waals surface area (Å²) in [4.78, 5) is 13.5. The molecule has 2 aromatic heterocycles. The van der Waals surface area contributed by atoms with Crippen LogP contribution in [0.1, 0.15) is 30.3 Å². The van der Waals surface area contributed by atoms with Gasteiger partial charge in [-0.25, -0.2) is 4.79 Å². The van der Waals surface area contributed by atoms with E-state index in [1.807, 2.05) is 47.2 Å². The zero-order valence-corrected chi connectivity index (χ0v) is 15.3. The van der Waals surface area contributed by atoms with Crippen molar-refractivity contribution in [1.29, 1.82) is 0 Å². The van der Waals surface area contributed by atoms with Crippen LogP contribution in [0.5, 0.6) is 0 Å². The standard InChI is InChI=1S/C18H21N5OS/c1-12(2)23-11-20-22-17(23)14-6-4-5-7-15(14)21-18(24)19-10-16-13(3)8-9-25-16/h4-9,11-12H,10H2,1-3H3,(H2,19,21,24). The highest BCUT2D eigenvalue weighted by Gasteiger charge is 2.15. The summed E-state index contributed by atoms with van der Waals surface area (Å²) in [5, 5.41) is 16.1. The van der Waals surface area contributed by atoms with Crippen LogP contribution in [0.25, 0.3) is 11.4 Å². The zero-order chi connectivity index (χ0) is 17.8. The van der Waals surface area contributed by atoms with Gasteiger partial charge in [0.1, 0.15) is 6.33 Å². The summed E-state index contributed by atoms with van der Waals surface area (Å²) in [5.74, 6) is 0.736. The van der Waals surface area contributed by atoms with Gasteiger partial charge in [-0.1, -0.05) is 12.1 Å². The van der Waals surface area contributed by atoms with Crippen molar-refractivity contribution in [2.75, 3.05) is 5.32 Å². The van der Waals surface area contributed by atoms with Crippen molar-refractivity contribution < 1.29 is 4.79 Å². The third-order valence-electron chi connectivity index (χ3n) is 3.92. The molecular weight excluding hydrogens is 334 g/mol. The Labute approximate surface area is 150 Å². The highest BCUT2D eigenvalue weighted by molar-refractivity contribution is 7.10. The SMILES string of the molecule is Cc1ccsc1CNC(=O)Nc1ccccc1-c1nncn1C(C)C. The average Bonchev–Trinajstić information content (AvgIpc) is 3.22. The first-order valence-electron chi connectivity index (χ1n) is 8.13. The monoisotopic (exact) mass is 355 g/mol. The Balaban J connectivity index is 1.76. The molecule has 0 aliphatic rings. The number of anilines is 1. The highest BCUT2D eigenvalue weighted by atomic mass is 32.1. The molecule has 6 nitrogen and oxygen atoms in total. The third kappa shape index (κ3) is 3.88. The number of hydrogen-bond donors (Lipinski definition) is 2. The normalized spacial score (nSPS) is 10.9. The van der Waals surface area contributed by atoms with Crippen LogP contribution in [-0.4, -0.2) is 20.8 Å². The molecule has 3 rings (SSSR count). The minimum absolute atomic E-state index is 0.230. The van der Waals surface area contributed by atoms with E-state index in [0.29, 0.717) is 12.2 Å². The average molecular weight is 355 g/mol. The van der Waals surface area contributed by atoms with Crippen LogP contribution in [0.3, 0.4) is 0 Å². The maximum absolute atomic E-state index is 12.3. The van der Waals surface area contributed by atoms with Crippen molar-refractivity contribution in [1.82, 2.24) is 20.1 Å². The first-order chi connectivity index (χ1) is 12.1. The number of aromatic nitrogens is 3. The van der Waals surface area contributed by atoms with Crippen LogP contribution in [0.4, 0.5) is 10.5 Å². The molecule has 2 amide bonds. The van der Waals surface area contributed by atoms with E-state index >= 15 is 0 Å². The van der Waals surface area contributed by atoms with E-state index in [2.05, 4.69) is 34.7 Å². The first-order valence-corrected chi connectivity index (χ1v) is 9.01. The Hall–Kier alpha value is -2.67. The molecule has 2 heterocycles. The van der Waals surface area contributed by atoms with Gasteiger partial charge in [-0.3, -0.25) is 0 Å². The lowest BCUT2D eigenvalue weighted by atomic mass is 10.1. The summed E-state index contributed by atoms with van der Waals surface area (Å²) in [5.41, 5.74) is 2.74. The summed E-state index contributed by atoms with van der Waals surface area (Å²) in [7, 11) is 0. The number of nitrogens with one attached hydrogen (secondary N) is 2. The summed E-state index contributed by atoms with van der Waals surface area (Å²) >= 11 is 1.64. The first kappa shape index (κ1) is 17.2. The molecule has 2 N–H and O–H groups in total. The van der Waals surface area contributed by atoms with Crippen LogP contribution < -0.4 is 10.6 Å². The summed E-state index contributed by atoms with van der Waals surface area (Å²) in [6.07, 6.45) is 1.70. The molecule has 7 heteroatoms. The highest BCUT2D eigenvalue weighted by Crippen LogP contribution is 2.27. The molecule has 3 aromatic rings. The minimum atomic E-state index is -0.240. The Morgan fingerprint density at radius 3 is 2.80 bits per heavy atom. The Morgan fingerprint density at radius 1 is 1.28 bits per heavy atom. The predicted molar refractivity (Wildman–Crippen MR) is 101 cm³/mol. The molecule has 25 heavy (non-hydrogen) atoms. The van der Waals surface area contributed by atoms with Crippen LogP contribution in [0.15, 0.2) is 42.0 Å². The van der Waals surface area contributed by atoms with E-state index in [9.17, 15) is 4.79 Å². The predicted octanol–water partition coefficient (Wildman–Crippen LogP) is 4.22. The summed E-state index contributed by atoms with van der Waals surface area (Å²) in [6, 6.07) is 9.65. The smallest absolute Gasteiger partial charge is 0.319 e. The number of benzene rings is 1. The van der Waals surface area contributed by atoms with E-state index in [1.54, 1.807) is 17.7 Å². The van der Waals surface area contributed by atoms with Gasteiger partial charge in [-0.15, -0.1) is 21.5 Å². The molecule has 0 unspecified atom stereocenters. The number of aryl methyl sites for hydroxylation is 1. The molecule has 0 spiro atoms. The summed E-state index contributed by atoms with van der Waals surface area (Å²) in [6.45, 7) is 6.69. The number of hydrogen-bond acceptors (Lipinski definition) is 4. The van der Waals surface area contributed by atoms with Crippen LogP contribution in [0, 0.1) is 6.92 Å². The molecule has 0 aliphatic carbocycles. The molecule has 0 bridgehead atoms. The number of amides is 2. The van der Waals surface area contributed by atoms with Crippen molar-refractivity contribution in [3.63, 3.8) is 0 Å². The van der Waals surface area contributed by atoms with Crippen molar-refractivity contribution in [2.45, 2.75) is 33.4 Å².